The van der Waals surface area contributed by atoms with Crippen LogP contribution in [-0.4, -0.2) is 40.5 Å². The van der Waals surface area contributed by atoms with E-state index >= 15 is 0 Å². The fraction of sp³-hybridized carbons (Fsp3) is 0.571. The Morgan fingerprint density at radius 2 is 1.94 bits per heavy atom. The largest absolute Gasteiger partial charge is 0.495 e. The smallest absolute Gasteiger partial charge is 0.142 e. The van der Waals surface area contributed by atoms with E-state index < -0.39 is 0 Å². The van der Waals surface area contributed by atoms with Gasteiger partial charge in [0.15, 0.2) is 0 Å². The summed E-state index contributed by atoms with van der Waals surface area (Å²) in [4.78, 5) is 2.17. The zero-order valence-corrected chi connectivity index (χ0v) is 11.7. The highest BCUT2D eigenvalue weighted by Crippen LogP contribution is 2.29. The number of hydrogen-bond acceptors (Lipinski definition) is 4. The highest BCUT2D eigenvalue weighted by Gasteiger charge is 2.22. The van der Waals surface area contributed by atoms with E-state index in [-0.39, 0.29) is 6.04 Å². The van der Waals surface area contributed by atoms with Crippen molar-refractivity contribution in [3.05, 3.63) is 24.3 Å². The van der Waals surface area contributed by atoms with Gasteiger partial charge in [-0.3, -0.25) is 0 Å². The van der Waals surface area contributed by atoms with Gasteiger partial charge in [0, 0.05) is 32.7 Å². The molecule has 1 aromatic rings. The Morgan fingerprint density at radius 1 is 1.28 bits per heavy atom. The van der Waals surface area contributed by atoms with Gasteiger partial charge in [0.1, 0.15) is 5.75 Å². The van der Waals surface area contributed by atoms with Gasteiger partial charge in [-0.05, 0) is 12.1 Å². The monoisotopic (exact) mass is 252 g/mol. The highest BCUT2D eigenvalue weighted by atomic mass is 16.5. The zero-order valence-electron chi connectivity index (χ0n) is 11.7. The van der Waals surface area contributed by atoms with Crippen molar-refractivity contribution in [1.82, 2.24) is 0 Å². The summed E-state index contributed by atoms with van der Waals surface area (Å²) < 4.78 is 10.6. The molecule has 0 aliphatic carbocycles. The fourth-order valence-corrected chi connectivity index (χ4v) is 2.25. The molecule has 1 aromatic carbocycles. The molecule has 2 unspecified atom stereocenters. The lowest BCUT2D eigenvalue weighted by atomic mass is 10.0. The van der Waals surface area contributed by atoms with Crippen LogP contribution in [-0.2, 0) is 4.74 Å². The summed E-state index contributed by atoms with van der Waals surface area (Å²) in [6.07, 6.45) is 0. The Labute approximate surface area is 110 Å². The third-order valence-corrected chi connectivity index (χ3v) is 3.29. The van der Waals surface area contributed by atoms with Crippen LogP contribution in [0.2, 0.25) is 0 Å². The molecule has 0 spiro atoms. The molecule has 4 nitrogen and oxygen atoms in total. The molecule has 18 heavy (non-hydrogen) atoms. The van der Waals surface area contributed by atoms with Crippen LogP contribution in [0.4, 0.5) is 5.69 Å². The van der Waals surface area contributed by atoms with Gasteiger partial charge in [-0.1, -0.05) is 19.1 Å². The van der Waals surface area contributed by atoms with Crippen molar-refractivity contribution in [2.45, 2.75) is 13.0 Å². The Hall–Kier alpha value is -1.26. The van der Waals surface area contributed by atoms with Crippen LogP contribution >= 0.6 is 0 Å². The Kier molecular flexibility index (Phi) is 5.95. The van der Waals surface area contributed by atoms with Gasteiger partial charge in [0.25, 0.3) is 0 Å². The van der Waals surface area contributed by atoms with Crippen molar-refractivity contribution in [2.75, 3.05) is 39.3 Å². The van der Waals surface area contributed by atoms with Gasteiger partial charge in [-0.15, -0.1) is 0 Å². The highest BCUT2D eigenvalue weighted by molar-refractivity contribution is 5.58. The van der Waals surface area contributed by atoms with Crippen molar-refractivity contribution in [1.29, 1.82) is 0 Å². The minimum Gasteiger partial charge on any atom is -0.495 e. The molecule has 1 rings (SSSR count). The SMILES string of the molecule is COCC(C)C(CN)N(C)c1ccccc1OC. The maximum atomic E-state index is 5.90. The molecule has 2 atom stereocenters. The van der Waals surface area contributed by atoms with Gasteiger partial charge >= 0.3 is 0 Å². The van der Waals surface area contributed by atoms with Crippen molar-refractivity contribution >= 4 is 5.69 Å². The molecule has 0 heterocycles. The molecule has 0 saturated carbocycles. The van der Waals surface area contributed by atoms with Crippen LogP contribution in [0.25, 0.3) is 0 Å². The molecule has 0 aliphatic rings. The Bertz CT molecular complexity index is 357. The number of benzene rings is 1. The molecule has 0 aromatic heterocycles. The van der Waals surface area contributed by atoms with Crippen LogP contribution < -0.4 is 15.4 Å². The first-order chi connectivity index (χ1) is 8.65. The summed E-state index contributed by atoms with van der Waals surface area (Å²) in [5.41, 5.74) is 6.95. The number of rotatable bonds is 7. The van der Waals surface area contributed by atoms with Crippen LogP contribution in [0.15, 0.2) is 24.3 Å². The molecule has 0 amide bonds. The number of hydrogen-bond donors (Lipinski definition) is 1. The number of para-hydroxylation sites is 2. The van der Waals surface area contributed by atoms with E-state index in [0.29, 0.717) is 19.1 Å². The van der Waals surface area contributed by atoms with Crippen LogP contribution in [0.5, 0.6) is 5.75 Å². The van der Waals surface area contributed by atoms with E-state index in [4.69, 9.17) is 15.2 Å². The number of ether oxygens (including phenoxy) is 2. The number of anilines is 1. The Balaban J connectivity index is 2.92. The molecule has 0 radical (unpaired) electrons. The number of nitrogens with two attached hydrogens (primary N) is 1. The lowest BCUT2D eigenvalue weighted by Crippen LogP contribution is -2.44. The average molecular weight is 252 g/mol. The van der Waals surface area contributed by atoms with Crippen molar-refractivity contribution in [2.24, 2.45) is 11.7 Å². The van der Waals surface area contributed by atoms with E-state index in [9.17, 15) is 0 Å². The quantitative estimate of drug-likeness (QED) is 0.803. The lowest BCUT2D eigenvalue weighted by molar-refractivity contribution is 0.147. The summed E-state index contributed by atoms with van der Waals surface area (Å²) in [7, 11) is 5.44. The van der Waals surface area contributed by atoms with E-state index in [1.165, 1.54) is 0 Å². The predicted molar refractivity (Wildman–Crippen MR) is 75.3 cm³/mol. The van der Waals surface area contributed by atoms with E-state index in [2.05, 4.69) is 11.8 Å². The summed E-state index contributed by atoms with van der Waals surface area (Å²) in [5.74, 6) is 1.22. The number of likely N-dealkylation sites (N-methyl/N-ethyl adjacent to an activating group) is 1. The molecule has 0 aliphatic heterocycles. The normalized spacial score (nSPS) is 14.1. The molecule has 2 N–H and O–H groups in total. The third-order valence-electron chi connectivity index (χ3n) is 3.29. The van der Waals surface area contributed by atoms with Crippen molar-refractivity contribution in [3.63, 3.8) is 0 Å². The van der Waals surface area contributed by atoms with Gasteiger partial charge in [-0.2, -0.15) is 0 Å². The van der Waals surface area contributed by atoms with Gasteiger partial charge in [-0.25, -0.2) is 0 Å². The predicted octanol–water partition coefficient (Wildman–Crippen LogP) is 1.74. The van der Waals surface area contributed by atoms with Crippen LogP contribution in [0.3, 0.4) is 0 Å². The second-order valence-corrected chi connectivity index (χ2v) is 4.52. The summed E-state index contributed by atoms with van der Waals surface area (Å²) >= 11 is 0. The summed E-state index contributed by atoms with van der Waals surface area (Å²) in [6.45, 7) is 3.42. The first kappa shape index (κ1) is 14.8. The molecule has 102 valence electrons. The van der Waals surface area contributed by atoms with Crippen molar-refractivity contribution in [3.8, 4) is 5.75 Å². The zero-order chi connectivity index (χ0) is 13.5. The van der Waals surface area contributed by atoms with Crippen molar-refractivity contribution < 1.29 is 9.47 Å². The van der Waals surface area contributed by atoms with E-state index in [1.807, 2.05) is 31.3 Å². The minimum atomic E-state index is 0.223. The molecular weight excluding hydrogens is 228 g/mol. The van der Waals surface area contributed by atoms with Gasteiger partial charge in [0.2, 0.25) is 0 Å². The lowest BCUT2D eigenvalue weighted by Gasteiger charge is -2.34. The standard InChI is InChI=1S/C14H24N2O2/c1-11(10-17-3)13(9-15)16(2)12-7-5-6-8-14(12)18-4/h5-8,11,13H,9-10,15H2,1-4H3. The molecule has 0 fully saturated rings. The first-order valence-electron chi connectivity index (χ1n) is 6.20. The fourth-order valence-electron chi connectivity index (χ4n) is 2.25. The number of methoxy groups -OCH3 is 2. The third kappa shape index (κ3) is 3.37. The second kappa shape index (κ2) is 7.24. The molecule has 4 heteroatoms. The molecular formula is C14H24N2O2. The maximum absolute atomic E-state index is 5.90. The van der Waals surface area contributed by atoms with Crippen LogP contribution in [0.1, 0.15) is 6.92 Å². The van der Waals surface area contributed by atoms with E-state index in [1.54, 1.807) is 14.2 Å². The van der Waals surface area contributed by atoms with Gasteiger partial charge < -0.3 is 20.1 Å². The first-order valence-corrected chi connectivity index (χ1v) is 6.20. The average Bonchev–Trinajstić information content (AvgIpc) is 2.39. The molecule has 0 bridgehead atoms. The Morgan fingerprint density at radius 3 is 2.50 bits per heavy atom. The van der Waals surface area contributed by atoms with E-state index in [0.717, 1.165) is 11.4 Å². The summed E-state index contributed by atoms with van der Waals surface area (Å²) in [5, 5.41) is 0. The van der Waals surface area contributed by atoms with Gasteiger partial charge in [0.05, 0.1) is 19.4 Å². The van der Waals surface area contributed by atoms with Crippen LogP contribution in [0, 0.1) is 5.92 Å². The number of nitrogens with zero attached hydrogens (tertiary/aromatic N) is 1. The minimum absolute atomic E-state index is 0.223. The molecule has 0 saturated heterocycles. The topological polar surface area (TPSA) is 47.7 Å². The second-order valence-electron chi connectivity index (χ2n) is 4.52. The maximum Gasteiger partial charge on any atom is 0.142 e. The summed E-state index contributed by atoms with van der Waals surface area (Å²) in [6, 6.07) is 8.19.